The first kappa shape index (κ1) is 20.8. The monoisotopic (exact) mass is 385 g/mol. The zero-order valence-electron chi connectivity index (χ0n) is 19.3. The maximum atomic E-state index is 5.68. The van der Waals surface area contributed by atoms with Crippen molar-refractivity contribution < 1.29 is 0 Å². The Morgan fingerprint density at radius 1 is 0.964 bits per heavy atom. The predicted octanol–water partition coefficient (Wildman–Crippen LogP) is 7.70. The van der Waals surface area contributed by atoms with Crippen LogP contribution in [0.25, 0.3) is 0 Å². The first-order chi connectivity index (χ1) is 13.4. The number of rotatable bonds is 5. The van der Waals surface area contributed by atoms with E-state index < -0.39 is 0 Å². The van der Waals surface area contributed by atoms with E-state index in [0.717, 1.165) is 35.5 Å². The van der Waals surface area contributed by atoms with Gasteiger partial charge in [0.15, 0.2) is 0 Å². The van der Waals surface area contributed by atoms with Gasteiger partial charge < -0.3 is 5.73 Å². The number of allylic oxidation sites excluding steroid dienone is 1. The highest BCUT2D eigenvalue weighted by Crippen LogP contribution is 2.68. The van der Waals surface area contributed by atoms with Crippen LogP contribution in [-0.4, -0.2) is 0 Å². The molecule has 0 radical (unpaired) electrons. The van der Waals surface area contributed by atoms with Crippen LogP contribution in [0.5, 0.6) is 0 Å². The standard InChI is InChI=1S/C27H47N/c1-19(18-28)8-7-9-20(2)23-13-14-24-22-12-11-21-10-5-6-16-26(21,3)25(22)15-17-27(23,24)4/h18,20-25H,5-17,28H2,1-4H3/t20-,21?,22+,23-,24+,25+,26+,27-/m1/s1. The molecule has 0 aromatic carbocycles. The Kier molecular flexibility index (Phi) is 5.94. The Hall–Kier alpha value is -0.460. The molecule has 1 unspecified atom stereocenters. The Morgan fingerprint density at radius 3 is 2.54 bits per heavy atom. The average Bonchev–Trinajstić information content (AvgIpc) is 3.04. The van der Waals surface area contributed by atoms with Crippen LogP contribution in [0.4, 0.5) is 0 Å². The van der Waals surface area contributed by atoms with E-state index in [2.05, 4.69) is 27.7 Å². The lowest BCUT2D eigenvalue weighted by molar-refractivity contribution is -0.114. The van der Waals surface area contributed by atoms with Crippen LogP contribution < -0.4 is 5.73 Å². The molecular weight excluding hydrogens is 338 g/mol. The summed E-state index contributed by atoms with van der Waals surface area (Å²) >= 11 is 0. The molecule has 0 saturated heterocycles. The Morgan fingerprint density at radius 2 is 1.75 bits per heavy atom. The SMILES string of the molecule is CC(=CN)CCC[C@@H](C)[C@H]1CC[C@H]2[C@@H]3CCC4CCCC[C@]4(C)[C@H]3CC[C@]12C. The van der Waals surface area contributed by atoms with Gasteiger partial charge in [0.05, 0.1) is 0 Å². The third-order valence-electron chi connectivity index (χ3n) is 10.9. The van der Waals surface area contributed by atoms with Crippen LogP contribution in [0, 0.1) is 46.3 Å². The summed E-state index contributed by atoms with van der Waals surface area (Å²) < 4.78 is 0. The summed E-state index contributed by atoms with van der Waals surface area (Å²) in [5.41, 5.74) is 8.37. The van der Waals surface area contributed by atoms with E-state index >= 15 is 0 Å². The summed E-state index contributed by atoms with van der Waals surface area (Å²) in [7, 11) is 0. The smallest absolute Gasteiger partial charge is 0.00733 e. The summed E-state index contributed by atoms with van der Waals surface area (Å²) in [4.78, 5) is 0. The van der Waals surface area contributed by atoms with Gasteiger partial charge in [0, 0.05) is 0 Å². The van der Waals surface area contributed by atoms with E-state index in [0.29, 0.717) is 10.8 Å². The second kappa shape index (κ2) is 7.99. The van der Waals surface area contributed by atoms with E-state index in [9.17, 15) is 0 Å². The summed E-state index contributed by atoms with van der Waals surface area (Å²) in [6.07, 6.45) is 21.0. The van der Waals surface area contributed by atoms with Gasteiger partial charge in [-0.25, -0.2) is 0 Å². The second-order valence-corrected chi connectivity index (χ2v) is 12.0. The molecule has 4 aliphatic carbocycles. The Labute approximate surface area is 175 Å². The zero-order chi connectivity index (χ0) is 19.9. The normalized spacial score (nSPS) is 47.1. The average molecular weight is 386 g/mol. The lowest BCUT2D eigenvalue weighted by Crippen LogP contribution is -2.53. The zero-order valence-corrected chi connectivity index (χ0v) is 19.3. The summed E-state index contributed by atoms with van der Waals surface area (Å²) in [5, 5.41) is 0. The highest BCUT2D eigenvalue weighted by molar-refractivity contribution is 5.09. The number of nitrogens with two attached hydrogens (primary N) is 1. The molecule has 4 saturated carbocycles. The Bertz CT molecular complexity index is 579. The molecule has 4 aliphatic rings. The summed E-state index contributed by atoms with van der Waals surface area (Å²) in [6, 6.07) is 0. The first-order valence-corrected chi connectivity index (χ1v) is 12.8. The van der Waals surface area contributed by atoms with Gasteiger partial charge in [0.25, 0.3) is 0 Å². The van der Waals surface area contributed by atoms with Crippen molar-refractivity contribution in [1.82, 2.24) is 0 Å². The second-order valence-electron chi connectivity index (χ2n) is 12.0. The number of fused-ring (bicyclic) bond motifs is 5. The van der Waals surface area contributed by atoms with Crippen LogP contribution in [0.3, 0.4) is 0 Å². The largest absolute Gasteiger partial charge is 0.405 e. The fourth-order valence-electron chi connectivity index (χ4n) is 9.26. The molecule has 1 nitrogen and oxygen atoms in total. The predicted molar refractivity (Wildman–Crippen MR) is 121 cm³/mol. The maximum absolute atomic E-state index is 5.68. The lowest BCUT2D eigenvalue weighted by Gasteiger charge is -2.61. The van der Waals surface area contributed by atoms with E-state index in [-0.39, 0.29) is 0 Å². The molecule has 0 amide bonds. The lowest BCUT2D eigenvalue weighted by atomic mass is 9.44. The molecule has 1 heteroatoms. The fraction of sp³-hybridized carbons (Fsp3) is 0.926. The molecule has 28 heavy (non-hydrogen) atoms. The fourth-order valence-corrected chi connectivity index (χ4v) is 9.26. The summed E-state index contributed by atoms with van der Waals surface area (Å²) in [5.74, 6) is 6.05. The number of hydrogen-bond donors (Lipinski definition) is 1. The van der Waals surface area contributed by atoms with Crippen LogP contribution >= 0.6 is 0 Å². The Balaban J connectivity index is 1.44. The van der Waals surface area contributed by atoms with Gasteiger partial charge >= 0.3 is 0 Å². The molecule has 2 N–H and O–H groups in total. The van der Waals surface area contributed by atoms with E-state index in [1.165, 1.54) is 69.8 Å². The molecule has 0 heterocycles. The van der Waals surface area contributed by atoms with Crippen molar-refractivity contribution in [2.45, 2.75) is 111 Å². The molecule has 0 bridgehead atoms. The van der Waals surface area contributed by atoms with Crippen molar-refractivity contribution in [2.24, 2.45) is 52.1 Å². The van der Waals surface area contributed by atoms with Crippen molar-refractivity contribution in [3.8, 4) is 0 Å². The number of hydrogen-bond acceptors (Lipinski definition) is 1. The van der Waals surface area contributed by atoms with Crippen LogP contribution in [0.1, 0.15) is 111 Å². The van der Waals surface area contributed by atoms with Gasteiger partial charge in [-0.3, -0.25) is 0 Å². The maximum Gasteiger partial charge on any atom is -0.00733 e. The van der Waals surface area contributed by atoms with Gasteiger partial charge in [0.1, 0.15) is 0 Å². The molecular formula is C27H47N. The highest BCUT2D eigenvalue weighted by atomic mass is 14.6. The van der Waals surface area contributed by atoms with E-state index in [4.69, 9.17) is 5.73 Å². The minimum atomic E-state index is 0.636. The molecule has 0 aliphatic heterocycles. The third kappa shape index (κ3) is 3.37. The minimum Gasteiger partial charge on any atom is -0.405 e. The van der Waals surface area contributed by atoms with Crippen molar-refractivity contribution in [3.05, 3.63) is 11.8 Å². The molecule has 4 fully saturated rings. The van der Waals surface area contributed by atoms with Crippen LogP contribution in [0.2, 0.25) is 0 Å². The molecule has 0 aromatic heterocycles. The van der Waals surface area contributed by atoms with Crippen molar-refractivity contribution in [2.75, 3.05) is 0 Å². The van der Waals surface area contributed by atoms with Gasteiger partial charge in [-0.2, -0.15) is 0 Å². The quantitative estimate of drug-likeness (QED) is 0.515. The first-order valence-electron chi connectivity index (χ1n) is 12.8. The van der Waals surface area contributed by atoms with E-state index in [1.54, 1.807) is 25.5 Å². The van der Waals surface area contributed by atoms with Gasteiger partial charge in [-0.05, 0) is 124 Å². The summed E-state index contributed by atoms with van der Waals surface area (Å²) in [6.45, 7) is 10.2. The van der Waals surface area contributed by atoms with Crippen LogP contribution in [-0.2, 0) is 0 Å². The third-order valence-corrected chi connectivity index (χ3v) is 10.9. The van der Waals surface area contributed by atoms with Gasteiger partial charge in [-0.1, -0.05) is 45.6 Å². The van der Waals surface area contributed by atoms with Crippen molar-refractivity contribution >= 4 is 0 Å². The molecule has 160 valence electrons. The van der Waals surface area contributed by atoms with Gasteiger partial charge in [-0.15, -0.1) is 0 Å². The molecule has 8 atom stereocenters. The highest BCUT2D eigenvalue weighted by Gasteiger charge is 2.59. The van der Waals surface area contributed by atoms with E-state index in [1.807, 2.05) is 0 Å². The van der Waals surface area contributed by atoms with Crippen molar-refractivity contribution in [1.29, 1.82) is 0 Å². The topological polar surface area (TPSA) is 26.0 Å². The van der Waals surface area contributed by atoms with Gasteiger partial charge in [0.2, 0.25) is 0 Å². The molecule has 0 spiro atoms. The molecule has 0 aromatic rings. The van der Waals surface area contributed by atoms with Crippen LogP contribution in [0.15, 0.2) is 11.8 Å². The molecule has 4 rings (SSSR count). The van der Waals surface area contributed by atoms with Crippen molar-refractivity contribution in [3.63, 3.8) is 0 Å². The minimum absolute atomic E-state index is 0.636.